The van der Waals surface area contributed by atoms with Crippen LogP contribution in [0.2, 0.25) is 0 Å². The Balaban J connectivity index is 1.42. The molecule has 2 atom stereocenters. The van der Waals surface area contributed by atoms with E-state index in [9.17, 15) is 4.79 Å². The van der Waals surface area contributed by atoms with E-state index in [2.05, 4.69) is 73.1 Å². The van der Waals surface area contributed by atoms with Crippen molar-refractivity contribution in [3.8, 4) is 0 Å². The van der Waals surface area contributed by atoms with Gasteiger partial charge >= 0.3 is 0 Å². The summed E-state index contributed by atoms with van der Waals surface area (Å²) in [6.45, 7) is 6.40. The lowest BCUT2D eigenvalue weighted by Gasteiger charge is -2.37. The number of hydrogen-bond donors (Lipinski definition) is 1. The van der Waals surface area contributed by atoms with E-state index in [1.807, 2.05) is 17.0 Å². The Hall–Kier alpha value is -2.70. The molecule has 0 spiro atoms. The van der Waals surface area contributed by atoms with Crippen LogP contribution in [0.3, 0.4) is 0 Å². The van der Waals surface area contributed by atoms with E-state index in [1.165, 1.54) is 16.7 Å². The molecule has 0 saturated carbocycles. The summed E-state index contributed by atoms with van der Waals surface area (Å²) in [6, 6.07) is 15.0. The van der Waals surface area contributed by atoms with Gasteiger partial charge in [0.1, 0.15) is 5.82 Å². The summed E-state index contributed by atoms with van der Waals surface area (Å²) in [5.74, 6) is 0.851. The molecule has 0 bridgehead atoms. The second kappa shape index (κ2) is 9.84. The maximum atomic E-state index is 13.2. The minimum absolute atomic E-state index is 0.0261. The van der Waals surface area contributed by atoms with Gasteiger partial charge < -0.3 is 19.5 Å². The molecule has 2 aromatic carbocycles. The molecule has 1 aliphatic rings. The average Bonchev–Trinajstić information content (AvgIpc) is 3.16. The average molecular weight is 435 g/mol. The zero-order chi connectivity index (χ0) is 22.7. The van der Waals surface area contributed by atoms with Gasteiger partial charge in [0.05, 0.1) is 23.6 Å². The van der Waals surface area contributed by atoms with Crippen molar-refractivity contribution in [1.29, 1.82) is 0 Å². The number of hydrogen-bond acceptors (Lipinski definition) is 4. The van der Waals surface area contributed by atoms with Crippen molar-refractivity contribution in [1.82, 2.24) is 19.8 Å². The number of fused-ring (bicyclic) bond motifs is 1. The topological polar surface area (TPSA) is 61.5 Å². The van der Waals surface area contributed by atoms with Crippen LogP contribution >= 0.6 is 0 Å². The molecule has 1 amide bonds. The molecule has 2 heterocycles. The van der Waals surface area contributed by atoms with Crippen molar-refractivity contribution in [3.63, 3.8) is 0 Å². The summed E-state index contributed by atoms with van der Waals surface area (Å²) in [5.41, 5.74) is 5.55. The number of aryl methyl sites for hydroxylation is 1. The molecule has 6 nitrogen and oxygen atoms in total. The molecule has 1 N–H and O–H groups in total. The molecule has 1 saturated heterocycles. The number of amides is 1. The van der Waals surface area contributed by atoms with Crippen LogP contribution in [0, 0.1) is 6.92 Å². The number of imidazole rings is 1. The van der Waals surface area contributed by atoms with Gasteiger partial charge in [0.15, 0.2) is 0 Å². The van der Waals surface area contributed by atoms with Gasteiger partial charge in [-0.05, 0) is 69.6 Å². The van der Waals surface area contributed by atoms with Crippen LogP contribution in [0.5, 0.6) is 0 Å². The number of nitrogens with one attached hydrogen (secondary N) is 1. The van der Waals surface area contributed by atoms with Gasteiger partial charge in [-0.2, -0.15) is 0 Å². The Morgan fingerprint density at radius 2 is 1.97 bits per heavy atom. The maximum absolute atomic E-state index is 13.2. The summed E-state index contributed by atoms with van der Waals surface area (Å²) in [7, 11) is 4.15. The Labute approximate surface area is 190 Å². The molecule has 1 fully saturated rings. The van der Waals surface area contributed by atoms with Gasteiger partial charge in [0, 0.05) is 25.7 Å². The highest BCUT2D eigenvalue weighted by Crippen LogP contribution is 2.31. The maximum Gasteiger partial charge on any atom is 0.230 e. The van der Waals surface area contributed by atoms with Crippen LogP contribution in [0.25, 0.3) is 11.0 Å². The Bertz CT molecular complexity index is 1060. The Morgan fingerprint density at radius 1 is 1.19 bits per heavy atom. The molecule has 4 rings (SSSR count). The van der Waals surface area contributed by atoms with Crippen LogP contribution in [-0.4, -0.2) is 59.0 Å². The van der Waals surface area contributed by atoms with Gasteiger partial charge in [0.2, 0.25) is 5.91 Å². The van der Waals surface area contributed by atoms with Gasteiger partial charge in [0.25, 0.3) is 0 Å². The summed E-state index contributed by atoms with van der Waals surface area (Å²) < 4.78 is 6.09. The van der Waals surface area contributed by atoms with Gasteiger partial charge in [-0.3, -0.25) is 4.79 Å². The number of H-pyrrole nitrogens is 1. The molecule has 170 valence electrons. The number of likely N-dealkylation sites (N-methyl/N-ethyl adjacent to an activating group) is 1. The lowest BCUT2D eigenvalue weighted by molar-refractivity contribution is -0.136. The van der Waals surface area contributed by atoms with Crippen LogP contribution in [0.15, 0.2) is 42.5 Å². The van der Waals surface area contributed by atoms with Crippen molar-refractivity contribution in [2.24, 2.45) is 0 Å². The van der Waals surface area contributed by atoms with E-state index in [0.717, 1.165) is 36.2 Å². The number of aromatic nitrogens is 2. The van der Waals surface area contributed by atoms with E-state index >= 15 is 0 Å². The van der Waals surface area contributed by atoms with E-state index in [4.69, 9.17) is 4.74 Å². The third-order valence-electron chi connectivity index (χ3n) is 6.21. The zero-order valence-corrected chi connectivity index (χ0v) is 19.6. The minimum atomic E-state index is 0.0261. The monoisotopic (exact) mass is 434 g/mol. The first-order valence-corrected chi connectivity index (χ1v) is 11.5. The molecule has 0 aliphatic carbocycles. The van der Waals surface area contributed by atoms with Crippen LogP contribution in [0.4, 0.5) is 0 Å². The predicted molar refractivity (Wildman–Crippen MR) is 127 cm³/mol. The number of aromatic amines is 1. The lowest BCUT2D eigenvalue weighted by Crippen LogP contribution is -2.44. The molecule has 1 aromatic heterocycles. The van der Waals surface area contributed by atoms with E-state index in [1.54, 1.807) is 0 Å². The summed E-state index contributed by atoms with van der Waals surface area (Å²) >= 11 is 0. The SMILES string of the molecule is CCN(C(=O)Cc1nc2ccc(C)cc2[nH]1)[C@H]1CCO[C@@H](c2ccc(CN(C)C)cc2)C1. The number of benzene rings is 2. The zero-order valence-electron chi connectivity index (χ0n) is 19.6. The molecular weight excluding hydrogens is 400 g/mol. The van der Waals surface area contributed by atoms with Crippen molar-refractivity contribution in [2.75, 3.05) is 27.2 Å². The number of rotatable bonds is 7. The fourth-order valence-electron chi connectivity index (χ4n) is 4.64. The van der Waals surface area contributed by atoms with E-state index in [-0.39, 0.29) is 18.1 Å². The predicted octanol–water partition coefficient (Wildman–Crippen LogP) is 4.24. The normalized spacial score (nSPS) is 18.9. The molecule has 1 aliphatic heterocycles. The fourth-order valence-corrected chi connectivity index (χ4v) is 4.64. The smallest absolute Gasteiger partial charge is 0.230 e. The Morgan fingerprint density at radius 3 is 2.69 bits per heavy atom. The van der Waals surface area contributed by atoms with Crippen LogP contribution in [-0.2, 0) is 22.5 Å². The first kappa shape index (κ1) is 22.5. The largest absolute Gasteiger partial charge is 0.373 e. The number of carbonyl (C=O) groups is 1. The summed E-state index contributed by atoms with van der Waals surface area (Å²) in [4.78, 5) is 25.3. The molecule has 0 radical (unpaired) electrons. The molecule has 6 heteroatoms. The third kappa shape index (κ3) is 5.19. The van der Waals surface area contributed by atoms with Crippen LogP contribution in [0.1, 0.15) is 48.4 Å². The number of carbonyl (C=O) groups excluding carboxylic acids is 1. The second-order valence-corrected chi connectivity index (χ2v) is 9.08. The second-order valence-electron chi connectivity index (χ2n) is 9.08. The summed E-state index contributed by atoms with van der Waals surface area (Å²) in [5, 5.41) is 0. The van der Waals surface area contributed by atoms with Crippen molar-refractivity contribution < 1.29 is 9.53 Å². The number of ether oxygens (including phenoxy) is 1. The third-order valence-corrected chi connectivity index (χ3v) is 6.21. The van der Waals surface area contributed by atoms with E-state index < -0.39 is 0 Å². The molecule has 32 heavy (non-hydrogen) atoms. The van der Waals surface area contributed by atoms with Crippen molar-refractivity contribution >= 4 is 16.9 Å². The van der Waals surface area contributed by atoms with Gasteiger partial charge in [-0.15, -0.1) is 0 Å². The highest BCUT2D eigenvalue weighted by Gasteiger charge is 2.30. The van der Waals surface area contributed by atoms with Crippen molar-refractivity contribution in [3.05, 3.63) is 65.0 Å². The molecule has 3 aromatic rings. The molecular formula is C26H34N4O2. The highest BCUT2D eigenvalue weighted by molar-refractivity contribution is 5.81. The lowest BCUT2D eigenvalue weighted by atomic mass is 9.95. The minimum Gasteiger partial charge on any atom is -0.373 e. The van der Waals surface area contributed by atoms with Gasteiger partial charge in [-0.25, -0.2) is 4.98 Å². The molecule has 0 unspecified atom stereocenters. The summed E-state index contributed by atoms with van der Waals surface area (Å²) in [6.07, 6.45) is 2.02. The first-order chi connectivity index (χ1) is 15.4. The first-order valence-electron chi connectivity index (χ1n) is 11.5. The Kier molecular flexibility index (Phi) is 6.92. The quantitative estimate of drug-likeness (QED) is 0.604. The van der Waals surface area contributed by atoms with Crippen molar-refractivity contribution in [2.45, 2.75) is 51.8 Å². The van der Waals surface area contributed by atoms with Crippen LogP contribution < -0.4 is 0 Å². The van der Waals surface area contributed by atoms with E-state index in [0.29, 0.717) is 19.6 Å². The fraction of sp³-hybridized carbons (Fsp3) is 0.462. The number of nitrogens with zero attached hydrogens (tertiary/aromatic N) is 3. The standard InChI is InChI=1S/C26H34N4O2/c1-5-30(26(31)16-25-27-22-11-6-18(2)14-23(22)28-25)21-12-13-32-24(15-21)20-9-7-19(8-10-20)17-29(3)4/h6-11,14,21,24H,5,12-13,15-17H2,1-4H3,(H,27,28)/t21-,24+/m0/s1. The van der Waals surface area contributed by atoms with Gasteiger partial charge in [-0.1, -0.05) is 30.3 Å². The highest BCUT2D eigenvalue weighted by atomic mass is 16.5.